The number of benzene rings is 2. The third-order valence-electron chi connectivity index (χ3n) is 6.33. The Morgan fingerprint density at radius 2 is 1.43 bits per heavy atom. The van der Waals surface area contributed by atoms with Crippen LogP contribution in [0.15, 0.2) is 84.2 Å². The number of ether oxygens (including phenoxy) is 3. The minimum absolute atomic E-state index is 0.000116. The van der Waals surface area contributed by atoms with E-state index >= 15 is 0 Å². The first-order valence-corrected chi connectivity index (χ1v) is 14.5. The summed E-state index contributed by atoms with van der Waals surface area (Å²) in [5.41, 5.74) is -2.13. The number of aromatic nitrogens is 7. The molecule has 6 aromatic rings. The van der Waals surface area contributed by atoms with Crippen LogP contribution < -0.4 is 14.2 Å². The Balaban J connectivity index is 0.000000200. The summed E-state index contributed by atoms with van der Waals surface area (Å²) in [6.45, 7) is 0. The van der Waals surface area contributed by atoms with Gasteiger partial charge in [-0.1, -0.05) is 28.9 Å². The van der Waals surface area contributed by atoms with Crippen LogP contribution in [0.25, 0.3) is 17.0 Å². The predicted octanol–water partition coefficient (Wildman–Crippen LogP) is 7.43. The van der Waals surface area contributed by atoms with Gasteiger partial charge in [-0.15, -0.1) is 0 Å². The molecule has 2 aromatic carbocycles. The van der Waals surface area contributed by atoms with Crippen molar-refractivity contribution in [1.29, 1.82) is 10.5 Å². The van der Waals surface area contributed by atoms with Crippen LogP contribution in [-0.4, -0.2) is 54.2 Å². The van der Waals surface area contributed by atoms with Crippen molar-refractivity contribution in [1.82, 2.24) is 34.9 Å². The standard InChI is InChI=1S/C16H10F3N5O2.C11H5F3N2O2.C5H5ClN2O/c1-25-13-5-14(22-9-21-13)26-12-4-2-3-10(6-20)15(12)24-8-11(7-23-24)16(17,18)19;12-11(13,14)9-4-8(18-16-9)10-6(5-15)2-1-3-7(10)17;1-9-5-2-4(6)7-3-8-5/h2-5,7-9H,1H3;1-4,17H;2-3H,1H3. The molecular formula is C32H20ClF6N9O5. The van der Waals surface area contributed by atoms with Gasteiger partial charge in [-0.25, -0.2) is 24.6 Å². The molecule has 0 aliphatic carbocycles. The molecule has 14 nitrogen and oxygen atoms in total. The molecule has 53 heavy (non-hydrogen) atoms. The first-order chi connectivity index (χ1) is 25.2. The molecule has 4 heterocycles. The minimum atomic E-state index is -4.64. The highest BCUT2D eigenvalue weighted by molar-refractivity contribution is 6.29. The first kappa shape index (κ1) is 38.9. The van der Waals surface area contributed by atoms with Crippen molar-refractivity contribution >= 4 is 11.6 Å². The molecular weight excluding hydrogens is 740 g/mol. The van der Waals surface area contributed by atoms with Gasteiger partial charge >= 0.3 is 12.4 Å². The Labute approximate surface area is 299 Å². The maximum Gasteiger partial charge on any atom is 0.436 e. The lowest BCUT2D eigenvalue weighted by Gasteiger charge is -2.12. The zero-order valence-corrected chi connectivity index (χ0v) is 27.5. The monoisotopic (exact) mass is 759 g/mol. The molecule has 0 saturated carbocycles. The summed E-state index contributed by atoms with van der Waals surface area (Å²) in [6.07, 6.45) is -5.19. The van der Waals surface area contributed by atoms with E-state index in [1.165, 1.54) is 69.3 Å². The van der Waals surface area contributed by atoms with Crippen LogP contribution >= 0.6 is 11.6 Å². The molecule has 0 spiro atoms. The van der Waals surface area contributed by atoms with Gasteiger partial charge in [0.15, 0.2) is 17.2 Å². The molecule has 0 aliphatic rings. The van der Waals surface area contributed by atoms with E-state index in [0.717, 1.165) is 10.9 Å². The van der Waals surface area contributed by atoms with Crippen molar-refractivity contribution in [3.63, 3.8) is 0 Å². The van der Waals surface area contributed by atoms with E-state index in [-0.39, 0.29) is 51.4 Å². The largest absolute Gasteiger partial charge is 0.507 e. The van der Waals surface area contributed by atoms with Crippen LogP contribution in [0.5, 0.6) is 29.1 Å². The highest BCUT2D eigenvalue weighted by Gasteiger charge is 2.36. The van der Waals surface area contributed by atoms with Crippen LogP contribution in [-0.2, 0) is 12.4 Å². The number of para-hydroxylation sites is 1. The van der Waals surface area contributed by atoms with E-state index in [9.17, 15) is 36.7 Å². The lowest BCUT2D eigenvalue weighted by molar-refractivity contribution is -0.142. The molecule has 0 amide bonds. The average molecular weight is 760 g/mol. The van der Waals surface area contributed by atoms with Crippen LogP contribution in [0.3, 0.4) is 0 Å². The minimum Gasteiger partial charge on any atom is -0.507 e. The van der Waals surface area contributed by atoms with E-state index in [1.54, 1.807) is 12.1 Å². The fourth-order valence-corrected chi connectivity index (χ4v) is 4.11. The molecule has 0 aliphatic heterocycles. The predicted molar refractivity (Wildman–Crippen MR) is 169 cm³/mol. The number of phenols is 1. The zero-order chi connectivity index (χ0) is 38.8. The van der Waals surface area contributed by atoms with Crippen molar-refractivity contribution in [2.45, 2.75) is 12.4 Å². The number of hydrogen-bond donors (Lipinski definition) is 1. The Morgan fingerprint density at radius 3 is 2.00 bits per heavy atom. The Morgan fingerprint density at radius 1 is 0.811 bits per heavy atom. The molecule has 6 rings (SSSR count). The molecule has 272 valence electrons. The van der Waals surface area contributed by atoms with E-state index in [4.69, 9.17) is 31.1 Å². The lowest BCUT2D eigenvalue weighted by atomic mass is 10.0. The summed E-state index contributed by atoms with van der Waals surface area (Å²) in [5, 5.41) is 34.7. The average Bonchev–Trinajstić information content (AvgIpc) is 3.84. The molecule has 1 N–H and O–H groups in total. The molecule has 21 heteroatoms. The van der Waals surface area contributed by atoms with E-state index in [1.807, 2.05) is 6.07 Å². The summed E-state index contributed by atoms with van der Waals surface area (Å²) >= 11 is 5.49. The molecule has 0 radical (unpaired) electrons. The maximum absolute atomic E-state index is 12.8. The van der Waals surface area contributed by atoms with Gasteiger partial charge in [0.2, 0.25) is 17.6 Å². The zero-order valence-electron chi connectivity index (χ0n) is 26.8. The molecule has 0 unspecified atom stereocenters. The van der Waals surface area contributed by atoms with Crippen LogP contribution in [0.1, 0.15) is 22.4 Å². The van der Waals surface area contributed by atoms with Crippen LogP contribution in [0, 0.1) is 22.7 Å². The number of nitrogens with zero attached hydrogens (tertiary/aromatic N) is 9. The molecule has 0 saturated heterocycles. The van der Waals surface area contributed by atoms with Crippen LogP contribution in [0.2, 0.25) is 5.15 Å². The first-order valence-electron chi connectivity index (χ1n) is 14.2. The summed E-state index contributed by atoms with van der Waals surface area (Å²) < 4.78 is 96.4. The Kier molecular flexibility index (Phi) is 12.4. The second-order valence-electron chi connectivity index (χ2n) is 9.70. The van der Waals surface area contributed by atoms with Gasteiger partial charge in [-0.05, 0) is 24.3 Å². The maximum atomic E-state index is 12.8. The summed E-state index contributed by atoms with van der Waals surface area (Å²) in [4.78, 5) is 15.1. The van der Waals surface area contributed by atoms with Crippen LogP contribution in [0.4, 0.5) is 26.3 Å². The SMILES string of the molecule is COc1cc(Cl)ncn1.COc1cc(Oc2cccc(C#N)c2-n2cc(C(F)(F)F)cn2)ncn1.N#Cc1cccc(O)c1-c1cc(C(F)(F)F)no1. The smallest absolute Gasteiger partial charge is 0.436 e. The topological polar surface area (TPSA) is 191 Å². The van der Waals surface area contributed by atoms with Crippen molar-refractivity contribution in [3.05, 3.63) is 107 Å². The number of nitriles is 2. The summed E-state index contributed by atoms with van der Waals surface area (Å²) in [5.74, 6) is 0.260. The third kappa shape index (κ3) is 10.1. The Hall–Kier alpha value is -6.93. The number of methoxy groups -OCH3 is 2. The second-order valence-corrected chi connectivity index (χ2v) is 10.1. The number of halogens is 7. The van der Waals surface area contributed by atoms with Gasteiger partial charge in [0, 0.05) is 18.3 Å². The van der Waals surface area contributed by atoms with E-state index in [0.29, 0.717) is 23.3 Å². The quantitative estimate of drug-likeness (QED) is 0.130. The third-order valence-corrected chi connectivity index (χ3v) is 6.53. The summed E-state index contributed by atoms with van der Waals surface area (Å²) in [7, 11) is 2.94. The van der Waals surface area contributed by atoms with Gasteiger partial charge in [0.25, 0.3) is 0 Å². The van der Waals surface area contributed by atoms with E-state index < -0.39 is 23.6 Å². The fourth-order valence-electron chi connectivity index (χ4n) is 3.97. The number of rotatable bonds is 6. The van der Waals surface area contributed by atoms with E-state index in [2.05, 4.69) is 34.7 Å². The number of alkyl halides is 6. The van der Waals surface area contributed by atoms with Crippen molar-refractivity contribution in [2.75, 3.05) is 14.2 Å². The Bertz CT molecular complexity index is 2270. The lowest BCUT2D eigenvalue weighted by Crippen LogP contribution is -2.04. The number of hydrogen-bond acceptors (Lipinski definition) is 13. The van der Waals surface area contributed by atoms with Crippen molar-refractivity contribution in [2.24, 2.45) is 0 Å². The molecule has 0 bridgehead atoms. The van der Waals surface area contributed by atoms with Gasteiger partial charge in [0.05, 0.1) is 48.7 Å². The van der Waals surface area contributed by atoms with Crippen molar-refractivity contribution < 1.29 is 50.2 Å². The molecule has 4 aromatic heterocycles. The number of aromatic hydroxyl groups is 1. The highest BCUT2D eigenvalue weighted by atomic mass is 35.5. The fraction of sp³-hybridized carbons (Fsp3) is 0.125. The normalized spacial score (nSPS) is 10.8. The number of phenolic OH excluding ortho intramolecular Hbond substituents is 1. The van der Waals surface area contributed by atoms with Gasteiger partial charge in [0.1, 0.15) is 41.4 Å². The summed E-state index contributed by atoms with van der Waals surface area (Å²) in [6, 6.07) is 15.7. The molecule has 0 atom stereocenters. The van der Waals surface area contributed by atoms with Gasteiger partial charge in [-0.3, -0.25) is 0 Å². The molecule has 0 fully saturated rings. The van der Waals surface area contributed by atoms with Crippen molar-refractivity contribution in [3.8, 4) is 58.3 Å². The highest BCUT2D eigenvalue weighted by Crippen LogP contribution is 2.37. The van der Waals surface area contributed by atoms with Gasteiger partial charge < -0.3 is 23.8 Å². The second kappa shape index (κ2) is 16.9. The van der Waals surface area contributed by atoms with Gasteiger partial charge in [-0.2, -0.15) is 42.0 Å².